The molecule has 0 amide bonds. The van der Waals surface area contributed by atoms with E-state index >= 15 is 0 Å². The summed E-state index contributed by atoms with van der Waals surface area (Å²) in [5.41, 5.74) is 37.2. The van der Waals surface area contributed by atoms with Crippen LogP contribution in [0.4, 0.5) is 28.2 Å². The molecule has 96 heavy (non-hydrogen) atoms. The second kappa shape index (κ2) is 28.3. The van der Waals surface area contributed by atoms with Crippen LogP contribution in [0.5, 0.6) is 0 Å². The van der Waals surface area contributed by atoms with E-state index in [9.17, 15) is 4.39 Å². The Hall–Kier alpha value is -11.0. The van der Waals surface area contributed by atoms with E-state index in [0.717, 1.165) is 104 Å². The zero-order valence-corrected chi connectivity index (χ0v) is 55.9. The number of nitrogen functional groups attached to an aromatic ring is 4. The highest BCUT2D eigenvalue weighted by Crippen LogP contribution is 2.36. The molecule has 0 saturated heterocycles. The molecule has 0 saturated carbocycles. The van der Waals surface area contributed by atoms with Crippen LogP contribution in [0, 0.1) is 5.82 Å². The lowest BCUT2D eigenvalue weighted by atomic mass is 10.1. The van der Waals surface area contributed by atoms with Crippen LogP contribution < -0.4 is 22.9 Å². The summed E-state index contributed by atoms with van der Waals surface area (Å²) in [5.74, 6) is 1.39. The minimum Gasteiger partial charge on any atom is -0.369 e. The summed E-state index contributed by atoms with van der Waals surface area (Å²) in [4.78, 5) is 38.6. The fourth-order valence-corrected chi connectivity index (χ4v) is 14.9. The van der Waals surface area contributed by atoms with Gasteiger partial charge in [0.25, 0.3) is 0 Å². The molecule has 8 N–H and O–H groups in total. The highest BCUT2D eigenvalue weighted by molar-refractivity contribution is 7.14. The average Bonchev–Trinajstić information content (AvgIpc) is 1.86. The number of benzene rings is 7. The number of halogens is 2. The second-order valence-electron chi connectivity index (χ2n) is 21.1. The van der Waals surface area contributed by atoms with Gasteiger partial charge in [0.05, 0.1) is 43.9 Å². The van der Waals surface area contributed by atoms with E-state index in [-0.39, 0.29) is 5.82 Å². The average molecular weight is 1390 g/mol. The molecule has 0 atom stereocenters. The van der Waals surface area contributed by atoms with Gasteiger partial charge >= 0.3 is 0 Å². The number of aromatic nitrogens is 12. The van der Waals surface area contributed by atoms with E-state index in [0.29, 0.717) is 34.5 Å². The number of anilines is 4. The topological polar surface area (TPSA) is 227 Å². The number of fused-ring (bicyclic) bond motifs is 1. The van der Waals surface area contributed by atoms with Gasteiger partial charge in [-0.15, -0.1) is 68.0 Å². The molecule has 16 nitrogen and oxygen atoms in total. The van der Waals surface area contributed by atoms with Gasteiger partial charge in [-0.1, -0.05) is 169 Å². The van der Waals surface area contributed by atoms with Crippen LogP contribution in [0.3, 0.4) is 0 Å². The van der Waals surface area contributed by atoms with Crippen LogP contribution in [0.1, 0.15) is 0 Å². The number of nitrogens with zero attached hydrogens (tertiary/aromatic N) is 12. The number of hydrogen-bond acceptors (Lipinski definition) is 18. The van der Waals surface area contributed by atoms with Gasteiger partial charge < -0.3 is 22.9 Å². The smallest absolute Gasteiger partial charge is 0.207 e. The highest BCUT2D eigenvalue weighted by atomic mass is 35.5. The van der Waals surface area contributed by atoms with Crippen molar-refractivity contribution < 1.29 is 4.39 Å². The van der Waals surface area contributed by atoms with Crippen LogP contribution in [-0.4, -0.2) is 58.1 Å². The molecule has 0 aliphatic carbocycles. The lowest BCUT2D eigenvalue weighted by Gasteiger charge is -2.00. The normalized spacial score (nSPS) is 11.0. The fourth-order valence-electron chi connectivity index (χ4n) is 10.0. The van der Waals surface area contributed by atoms with Crippen molar-refractivity contribution in [1.29, 1.82) is 0 Å². The Morgan fingerprint density at radius 1 is 0.302 bits per heavy atom. The van der Waals surface area contributed by atoms with E-state index < -0.39 is 0 Å². The van der Waals surface area contributed by atoms with Crippen molar-refractivity contribution in [2.45, 2.75) is 0 Å². The number of imidazole rings is 4. The largest absolute Gasteiger partial charge is 0.369 e. The third kappa shape index (κ3) is 13.9. The van der Waals surface area contributed by atoms with Crippen molar-refractivity contribution in [3.8, 4) is 109 Å². The predicted molar refractivity (Wildman–Crippen MR) is 396 cm³/mol. The molecule has 0 spiro atoms. The standard InChI is InChI=1S/C22H16N4S.C18H13FN4S.C16H11ClN4S2.C16H12N4S2/c23-21-24-19(18-11-10-15-6-4-5-9-17(15)12-18)13-26(21)22-25-20(14-27-22)16-7-2-1-3-8-16;19-14-8-6-13(7-9-14)15-10-23(17(20)21-15)18-22-16(11-24-18)12-4-2-1-3-5-12;17-11-5-2-1-4-10(11)13-9-23-16(20-13)21-8-12(19-15(21)18)14-6-3-7-22-14;17-15-18-12(14-7-4-8-21-14)9-20(15)16-19-13(10-22-16)11-5-2-1-3-6-11/h1-14H,(H2,23,24);1-11H,(H2,20,21);1-9H,(H2,18,19);1-10H,(H2,17,18). The van der Waals surface area contributed by atoms with E-state index in [2.05, 4.69) is 77.4 Å². The van der Waals surface area contributed by atoms with Crippen LogP contribution >= 0.6 is 79.6 Å². The maximum Gasteiger partial charge on any atom is 0.207 e. The van der Waals surface area contributed by atoms with Crippen molar-refractivity contribution in [2.24, 2.45) is 0 Å². The molecule has 0 radical (unpaired) electrons. The molecule has 0 unspecified atom stereocenters. The van der Waals surface area contributed by atoms with E-state index in [1.165, 1.54) is 45.6 Å². The van der Waals surface area contributed by atoms with Gasteiger partial charge in [0.1, 0.15) is 17.2 Å². The van der Waals surface area contributed by atoms with Crippen molar-refractivity contribution >= 4 is 114 Å². The number of rotatable bonds is 12. The van der Waals surface area contributed by atoms with Crippen molar-refractivity contribution in [1.82, 2.24) is 58.1 Å². The van der Waals surface area contributed by atoms with Gasteiger partial charge in [-0.25, -0.2) is 44.3 Å². The lowest BCUT2D eigenvalue weighted by molar-refractivity contribution is 0.628. The van der Waals surface area contributed by atoms with Gasteiger partial charge in [-0.3, -0.25) is 18.3 Å². The van der Waals surface area contributed by atoms with E-state index in [1.54, 1.807) is 66.6 Å². The lowest BCUT2D eigenvalue weighted by Crippen LogP contribution is -1.98. The summed E-state index contributed by atoms with van der Waals surface area (Å²) in [6.45, 7) is 0. The zero-order valence-electron chi connectivity index (χ0n) is 50.3. The Labute approximate surface area is 578 Å². The second-order valence-corrected chi connectivity index (χ2v) is 26.7. The minimum atomic E-state index is -0.279. The van der Waals surface area contributed by atoms with Crippen LogP contribution in [0.25, 0.3) is 120 Å². The summed E-state index contributed by atoms with van der Waals surface area (Å²) in [6, 6.07) is 66.7. The maximum atomic E-state index is 13.1. The molecule has 0 aliphatic heterocycles. The zero-order chi connectivity index (χ0) is 65.5. The summed E-state index contributed by atoms with van der Waals surface area (Å²) in [7, 11) is 0. The molecular weight excluding hydrogens is 1340 g/mol. The summed E-state index contributed by atoms with van der Waals surface area (Å²) >= 11 is 15.6. The van der Waals surface area contributed by atoms with E-state index in [4.69, 9.17) is 39.5 Å². The Bertz CT molecular complexity index is 5400. The van der Waals surface area contributed by atoms with Crippen molar-refractivity contribution in [3.63, 3.8) is 0 Å². The molecule has 10 aromatic heterocycles. The van der Waals surface area contributed by atoms with Crippen LogP contribution in [-0.2, 0) is 0 Å². The molecule has 0 aliphatic rings. The van der Waals surface area contributed by atoms with Gasteiger partial charge in [0.2, 0.25) is 23.8 Å². The molecule has 17 aromatic rings. The first kappa shape index (κ1) is 62.4. The van der Waals surface area contributed by atoms with Gasteiger partial charge in [0, 0.05) is 84.7 Å². The Kier molecular flexibility index (Phi) is 18.4. The first-order chi connectivity index (χ1) is 47.0. The molecule has 7 aromatic carbocycles. The number of thiophene rings is 2. The van der Waals surface area contributed by atoms with Crippen LogP contribution in [0.15, 0.2) is 263 Å². The summed E-state index contributed by atoms with van der Waals surface area (Å²) in [6.07, 6.45) is 7.62. The third-order valence-corrected chi connectivity index (χ3v) is 20.3. The molecular formula is C72H52ClFN16S6. The van der Waals surface area contributed by atoms with Gasteiger partial charge in [-0.05, 0) is 70.1 Å². The molecule has 0 bridgehead atoms. The minimum absolute atomic E-state index is 0.279. The van der Waals surface area contributed by atoms with Crippen molar-refractivity contribution in [2.75, 3.05) is 22.9 Å². The van der Waals surface area contributed by atoms with Gasteiger partial charge in [0.15, 0.2) is 20.5 Å². The Balaban J connectivity index is 0.000000110. The first-order valence-electron chi connectivity index (χ1n) is 29.5. The number of hydrogen-bond donors (Lipinski definition) is 4. The van der Waals surface area contributed by atoms with Crippen LogP contribution in [0.2, 0.25) is 5.02 Å². The third-order valence-electron chi connectivity index (χ3n) is 14.8. The summed E-state index contributed by atoms with van der Waals surface area (Å²) in [5, 5.41) is 18.3. The molecule has 10 heterocycles. The summed E-state index contributed by atoms with van der Waals surface area (Å²) < 4.78 is 20.3. The molecule has 0 fully saturated rings. The number of nitrogens with two attached hydrogens (primary N) is 4. The fraction of sp³-hybridized carbons (Fsp3) is 0. The SMILES string of the molecule is Nc1nc(-c2ccc(F)cc2)cn1-c1nc(-c2ccccc2)cs1.Nc1nc(-c2ccc3ccccc3c2)cn1-c1nc(-c2ccccc2)cs1.Nc1nc(-c2cccs2)cn1-c1nc(-c2ccccc2)cs1.Nc1nc(-c2cccs2)cn1-c1nc(-c2ccccc2Cl)cs1. The van der Waals surface area contributed by atoms with Crippen molar-refractivity contribution in [3.05, 3.63) is 274 Å². The quantitative estimate of drug-likeness (QED) is 0.0896. The molecule has 24 heteroatoms. The predicted octanol–water partition coefficient (Wildman–Crippen LogP) is 19.0. The van der Waals surface area contributed by atoms with E-state index in [1.807, 2.05) is 206 Å². The Morgan fingerprint density at radius 2 is 0.656 bits per heavy atom. The van der Waals surface area contributed by atoms with Gasteiger partial charge in [-0.2, -0.15) is 0 Å². The maximum absolute atomic E-state index is 13.1. The molecule has 17 rings (SSSR count). The monoisotopic (exact) mass is 1390 g/mol. The number of thiazole rings is 4. The highest BCUT2D eigenvalue weighted by Gasteiger charge is 2.18. The molecule has 470 valence electrons. The Morgan fingerprint density at radius 3 is 1.09 bits per heavy atom. The first-order valence-corrected chi connectivity index (χ1v) is 35.1.